The molecule has 1 atom stereocenters. The third-order valence-corrected chi connectivity index (χ3v) is 5.43. The monoisotopic (exact) mass is 479 g/mol. The molecule has 8 heteroatoms. The molecule has 0 heterocycles. The fraction of sp³-hybridized carbons (Fsp3) is 0.619. The number of aryl methyl sites for hydroxylation is 2. The Balaban J connectivity index is 2.50. The van der Waals surface area contributed by atoms with Gasteiger partial charge in [0.15, 0.2) is 5.11 Å². The van der Waals surface area contributed by atoms with E-state index in [9.17, 15) is 4.79 Å². The predicted molar refractivity (Wildman–Crippen MR) is 130 cm³/mol. The summed E-state index contributed by atoms with van der Waals surface area (Å²) in [6, 6.07) is 5.99. The highest BCUT2D eigenvalue weighted by atomic mass is 35.6. The van der Waals surface area contributed by atoms with E-state index in [0.717, 1.165) is 36.1 Å². The van der Waals surface area contributed by atoms with Crippen molar-refractivity contribution in [2.24, 2.45) is 0 Å². The molecule has 0 spiro atoms. The number of anilines is 1. The molecule has 0 aliphatic rings. The number of hydrogen-bond acceptors (Lipinski definition) is 2. The molecule has 0 saturated carbocycles. The number of benzene rings is 1. The van der Waals surface area contributed by atoms with E-state index in [-0.39, 0.29) is 11.0 Å². The van der Waals surface area contributed by atoms with Gasteiger partial charge in [0.25, 0.3) is 0 Å². The van der Waals surface area contributed by atoms with Crippen LogP contribution in [-0.4, -0.2) is 21.0 Å². The quantitative estimate of drug-likeness (QED) is 0.146. The van der Waals surface area contributed by atoms with E-state index in [4.69, 9.17) is 47.0 Å². The zero-order valence-electron chi connectivity index (χ0n) is 17.4. The number of carbonyl (C=O) groups excluding carboxylic acids is 1. The third kappa shape index (κ3) is 11.3. The van der Waals surface area contributed by atoms with E-state index in [1.807, 2.05) is 32.0 Å². The summed E-state index contributed by atoms with van der Waals surface area (Å²) in [7, 11) is 0. The fourth-order valence-corrected chi connectivity index (χ4v) is 3.39. The van der Waals surface area contributed by atoms with Gasteiger partial charge < -0.3 is 16.0 Å². The van der Waals surface area contributed by atoms with Crippen molar-refractivity contribution in [2.75, 3.05) is 5.32 Å². The molecular formula is C21H32Cl3N3OS. The Morgan fingerprint density at radius 3 is 2.28 bits per heavy atom. The van der Waals surface area contributed by atoms with Crippen LogP contribution >= 0.6 is 47.0 Å². The minimum Gasteiger partial charge on any atom is -0.339 e. The highest BCUT2D eigenvalue weighted by Gasteiger charge is 2.34. The van der Waals surface area contributed by atoms with Crippen molar-refractivity contribution >= 4 is 63.7 Å². The topological polar surface area (TPSA) is 53.2 Å². The molecule has 4 nitrogen and oxygen atoms in total. The molecule has 0 aliphatic heterocycles. The molecule has 1 amide bonds. The van der Waals surface area contributed by atoms with Crippen molar-refractivity contribution in [2.45, 2.75) is 82.1 Å². The maximum atomic E-state index is 12.3. The Labute approximate surface area is 195 Å². The average Bonchev–Trinajstić information content (AvgIpc) is 2.62. The Bertz CT molecular complexity index is 665. The van der Waals surface area contributed by atoms with E-state index >= 15 is 0 Å². The number of hydrogen-bond donors (Lipinski definition) is 3. The molecule has 0 aliphatic carbocycles. The molecule has 0 bridgehead atoms. The van der Waals surface area contributed by atoms with Gasteiger partial charge in [-0.05, 0) is 49.7 Å². The molecule has 164 valence electrons. The summed E-state index contributed by atoms with van der Waals surface area (Å²) in [6.45, 7) is 6.17. The first kappa shape index (κ1) is 26.3. The number of halogens is 3. The number of unbranched alkanes of at least 4 members (excludes halogenated alkanes) is 6. The predicted octanol–water partition coefficient (Wildman–Crippen LogP) is 6.54. The summed E-state index contributed by atoms with van der Waals surface area (Å²) in [5.41, 5.74) is 3.00. The summed E-state index contributed by atoms with van der Waals surface area (Å²) in [5.74, 6) is -0.170. The number of rotatable bonds is 11. The first-order valence-corrected chi connectivity index (χ1v) is 11.7. The Morgan fingerprint density at radius 2 is 1.66 bits per heavy atom. The van der Waals surface area contributed by atoms with Gasteiger partial charge in [-0.3, -0.25) is 4.79 Å². The lowest BCUT2D eigenvalue weighted by molar-refractivity contribution is -0.122. The second-order valence-electron chi connectivity index (χ2n) is 7.33. The maximum Gasteiger partial charge on any atom is 0.228 e. The summed E-state index contributed by atoms with van der Waals surface area (Å²) >= 11 is 23.5. The van der Waals surface area contributed by atoms with Crippen LogP contribution in [0.3, 0.4) is 0 Å². The lowest BCUT2D eigenvalue weighted by atomic mass is 10.1. The van der Waals surface area contributed by atoms with Crippen LogP contribution in [0.1, 0.15) is 69.4 Å². The summed E-state index contributed by atoms with van der Waals surface area (Å²) in [6.07, 6.45) is 7.41. The third-order valence-electron chi connectivity index (χ3n) is 4.56. The van der Waals surface area contributed by atoms with Gasteiger partial charge in [0.05, 0.1) is 0 Å². The van der Waals surface area contributed by atoms with Gasteiger partial charge in [0.1, 0.15) is 6.17 Å². The van der Waals surface area contributed by atoms with Crippen LogP contribution < -0.4 is 16.0 Å². The van der Waals surface area contributed by atoms with Crippen molar-refractivity contribution in [1.29, 1.82) is 0 Å². The summed E-state index contributed by atoms with van der Waals surface area (Å²) < 4.78 is -1.75. The van der Waals surface area contributed by atoms with Crippen LogP contribution in [-0.2, 0) is 4.79 Å². The van der Waals surface area contributed by atoms with Crippen molar-refractivity contribution < 1.29 is 4.79 Å². The van der Waals surface area contributed by atoms with Crippen LogP contribution in [0.25, 0.3) is 0 Å². The Morgan fingerprint density at radius 1 is 1.03 bits per heavy atom. The van der Waals surface area contributed by atoms with Gasteiger partial charge >= 0.3 is 0 Å². The van der Waals surface area contributed by atoms with Crippen molar-refractivity contribution in [3.8, 4) is 0 Å². The highest BCUT2D eigenvalue weighted by molar-refractivity contribution is 7.80. The molecule has 1 aromatic carbocycles. The van der Waals surface area contributed by atoms with E-state index in [1.165, 1.54) is 25.7 Å². The summed E-state index contributed by atoms with van der Waals surface area (Å²) in [4.78, 5) is 12.3. The molecule has 1 rings (SSSR count). The second-order valence-corrected chi connectivity index (χ2v) is 10.1. The molecule has 1 aromatic rings. The average molecular weight is 481 g/mol. The first-order valence-electron chi connectivity index (χ1n) is 10.1. The highest BCUT2D eigenvalue weighted by Crippen LogP contribution is 2.29. The molecule has 0 saturated heterocycles. The molecule has 0 fully saturated rings. The van der Waals surface area contributed by atoms with Crippen molar-refractivity contribution in [3.63, 3.8) is 0 Å². The molecule has 29 heavy (non-hydrogen) atoms. The van der Waals surface area contributed by atoms with Crippen LogP contribution in [0, 0.1) is 13.8 Å². The second kappa shape index (κ2) is 13.5. The molecule has 0 aromatic heterocycles. The van der Waals surface area contributed by atoms with Crippen LogP contribution in [0.4, 0.5) is 5.69 Å². The van der Waals surface area contributed by atoms with E-state index in [1.54, 1.807) is 0 Å². The summed E-state index contributed by atoms with van der Waals surface area (Å²) in [5, 5.41) is 9.00. The van der Waals surface area contributed by atoms with Crippen LogP contribution in [0.5, 0.6) is 0 Å². The Hall–Kier alpha value is -0.750. The minimum absolute atomic E-state index is 0.170. The van der Waals surface area contributed by atoms with E-state index < -0.39 is 9.96 Å². The number of amides is 1. The lowest BCUT2D eigenvalue weighted by Crippen LogP contribution is -2.56. The molecule has 0 unspecified atom stereocenters. The number of alkyl halides is 3. The van der Waals surface area contributed by atoms with Gasteiger partial charge in [-0.2, -0.15) is 0 Å². The number of thiocarbonyl (C=S) groups is 1. The van der Waals surface area contributed by atoms with Crippen LogP contribution in [0.15, 0.2) is 18.2 Å². The lowest BCUT2D eigenvalue weighted by Gasteiger charge is -2.28. The first-order chi connectivity index (χ1) is 13.6. The van der Waals surface area contributed by atoms with E-state index in [0.29, 0.717) is 6.42 Å². The molecule has 3 N–H and O–H groups in total. The smallest absolute Gasteiger partial charge is 0.228 e. The Kier molecular flexibility index (Phi) is 12.3. The zero-order valence-corrected chi connectivity index (χ0v) is 20.5. The van der Waals surface area contributed by atoms with Gasteiger partial charge in [-0.1, -0.05) is 92.4 Å². The number of carbonyl (C=O) groups is 1. The van der Waals surface area contributed by atoms with Crippen molar-refractivity contribution in [3.05, 3.63) is 29.3 Å². The zero-order chi connectivity index (χ0) is 21.9. The minimum atomic E-state index is -1.75. The van der Waals surface area contributed by atoms with Gasteiger partial charge in [-0.25, -0.2) is 0 Å². The van der Waals surface area contributed by atoms with Crippen LogP contribution in [0.2, 0.25) is 0 Å². The maximum absolute atomic E-state index is 12.3. The molecular weight excluding hydrogens is 449 g/mol. The normalized spacial score (nSPS) is 12.3. The van der Waals surface area contributed by atoms with Gasteiger partial charge in [-0.15, -0.1) is 0 Å². The van der Waals surface area contributed by atoms with Crippen molar-refractivity contribution in [1.82, 2.24) is 10.6 Å². The van der Waals surface area contributed by atoms with Gasteiger partial charge in [0.2, 0.25) is 9.70 Å². The van der Waals surface area contributed by atoms with E-state index in [2.05, 4.69) is 22.9 Å². The number of nitrogens with one attached hydrogen (secondary N) is 3. The SMILES string of the molecule is CCCCCCCCCC(=O)N[C@@H](NC(=S)Nc1cc(C)ccc1C)C(Cl)(Cl)Cl. The largest absolute Gasteiger partial charge is 0.339 e. The standard InChI is InChI=1S/C21H32Cl3N3OS/c1-4-5-6-7-8-9-10-11-18(28)26-19(21(22,23)24)27-20(29)25-17-14-15(2)12-13-16(17)3/h12-14,19H,4-11H2,1-3H3,(H,26,28)(H2,25,27,29)/t19-/m0/s1. The molecule has 0 radical (unpaired) electrons. The van der Waals surface area contributed by atoms with Gasteiger partial charge in [0, 0.05) is 12.1 Å². The fourth-order valence-electron chi connectivity index (χ4n) is 2.84.